The first kappa shape index (κ1) is 18.7. The number of para-hydroxylation sites is 1. The summed E-state index contributed by atoms with van der Waals surface area (Å²) in [7, 11) is 0. The van der Waals surface area contributed by atoms with Crippen LogP contribution in [0.1, 0.15) is 26.3 Å². The first-order valence-corrected chi connectivity index (χ1v) is 8.87. The fraction of sp³-hybridized carbons (Fsp3) is 0. The van der Waals surface area contributed by atoms with E-state index in [-0.39, 0.29) is 11.3 Å². The van der Waals surface area contributed by atoms with Crippen molar-refractivity contribution in [2.75, 3.05) is 0 Å². The molecule has 0 aromatic heterocycles. The molecule has 0 heterocycles. The second kappa shape index (κ2) is 8.56. The number of halogens is 2. The molecule has 0 aliphatic heterocycles. The summed E-state index contributed by atoms with van der Waals surface area (Å²) in [5.41, 5.74) is 1.37. The van der Waals surface area contributed by atoms with Crippen molar-refractivity contribution in [3.05, 3.63) is 106 Å². The number of carbonyl (C=O) groups is 2. The van der Waals surface area contributed by atoms with Crippen LogP contribution in [0.5, 0.6) is 5.75 Å². The molecule has 0 amide bonds. The summed E-state index contributed by atoms with van der Waals surface area (Å²) in [6.07, 6.45) is 3.02. The zero-order valence-corrected chi connectivity index (χ0v) is 15.6. The van der Waals surface area contributed by atoms with Crippen molar-refractivity contribution in [1.82, 2.24) is 0 Å². The highest BCUT2D eigenvalue weighted by molar-refractivity contribution is 9.10. The minimum atomic E-state index is -0.602. The highest BCUT2D eigenvalue weighted by Crippen LogP contribution is 2.21. The lowest BCUT2D eigenvalue weighted by molar-refractivity contribution is 0.0734. The van der Waals surface area contributed by atoms with Crippen LogP contribution >= 0.6 is 15.9 Å². The molecule has 3 nitrogen and oxygen atoms in total. The van der Waals surface area contributed by atoms with Gasteiger partial charge in [0.05, 0.1) is 5.56 Å². The Morgan fingerprint density at radius 2 is 1.48 bits per heavy atom. The standard InChI is InChI=1S/C22H14BrFO3/c23-18-10-5-15(6-11-18)20(25)14-9-16-3-1-2-4-21(16)27-22(26)17-7-12-19(24)13-8-17/h1-14H/b14-9+. The zero-order valence-electron chi connectivity index (χ0n) is 14.1. The van der Waals surface area contributed by atoms with Gasteiger partial charge in [-0.15, -0.1) is 0 Å². The molecule has 5 heteroatoms. The van der Waals surface area contributed by atoms with Crippen LogP contribution in [-0.2, 0) is 0 Å². The van der Waals surface area contributed by atoms with Crippen molar-refractivity contribution in [3.8, 4) is 5.75 Å². The van der Waals surface area contributed by atoms with E-state index in [1.807, 2.05) is 0 Å². The van der Waals surface area contributed by atoms with Crippen molar-refractivity contribution in [2.45, 2.75) is 0 Å². The predicted molar refractivity (Wildman–Crippen MR) is 105 cm³/mol. The lowest BCUT2D eigenvalue weighted by Gasteiger charge is -2.07. The van der Waals surface area contributed by atoms with Crippen LogP contribution in [0, 0.1) is 5.82 Å². The summed E-state index contributed by atoms with van der Waals surface area (Å²) in [6.45, 7) is 0. The molecule has 27 heavy (non-hydrogen) atoms. The van der Waals surface area contributed by atoms with E-state index < -0.39 is 11.8 Å². The van der Waals surface area contributed by atoms with Crippen molar-refractivity contribution in [1.29, 1.82) is 0 Å². The van der Waals surface area contributed by atoms with E-state index in [1.165, 1.54) is 30.3 Å². The molecular weight excluding hydrogens is 411 g/mol. The third kappa shape index (κ3) is 4.99. The van der Waals surface area contributed by atoms with E-state index in [1.54, 1.807) is 54.6 Å². The maximum Gasteiger partial charge on any atom is 0.343 e. The molecule has 0 N–H and O–H groups in total. The summed E-state index contributed by atoms with van der Waals surface area (Å²) in [5, 5.41) is 0. The molecule has 134 valence electrons. The largest absolute Gasteiger partial charge is 0.422 e. The van der Waals surface area contributed by atoms with Gasteiger partial charge in [-0.1, -0.05) is 34.1 Å². The van der Waals surface area contributed by atoms with E-state index in [0.717, 1.165) is 4.47 Å². The lowest BCUT2D eigenvalue weighted by atomic mass is 10.1. The highest BCUT2D eigenvalue weighted by Gasteiger charge is 2.11. The number of hydrogen-bond acceptors (Lipinski definition) is 3. The number of benzene rings is 3. The second-order valence-corrected chi connectivity index (χ2v) is 6.55. The van der Waals surface area contributed by atoms with Crippen LogP contribution in [0.4, 0.5) is 4.39 Å². The molecule has 3 rings (SSSR count). The van der Waals surface area contributed by atoms with Crippen molar-refractivity contribution >= 4 is 33.8 Å². The maximum atomic E-state index is 13.0. The quantitative estimate of drug-likeness (QED) is 0.228. The van der Waals surface area contributed by atoms with E-state index in [4.69, 9.17) is 4.74 Å². The summed E-state index contributed by atoms with van der Waals surface area (Å²) in [5.74, 6) is -0.884. The molecule has 0 bridgehead atoms. The van der Waals surface area contributed by atoms with Gasteiger partial charge in [-0.05, 0) is 66.7 Å². The molecule has 0 saturated carbocycles. The van der Waals surface area contributed by atoms with E-state index in [0.29, 0.717) is 16.9 Å². The number of esters is 1. The smallest absolute Gasteiger partial charge is 0.343 e. The normalized spacial score (nSPS) is 10.7. The first-order valence-electron chi connectivity index (χ1n) is 8.08. The van der Waals surface area contributed by atoms with Gasteiger partial charge in [0, 0.05) is 15.6 Å². The molecule has 3 aromatic carbocycles. The number of rotatable bonds is 5. The van der Waals surface area contributed by atoms with Crippen LogP contribution in [-0.4, -0.2) is 11.8 Å². The van der Waals surface area contributed by atoms with Gasteiger partial charge in [0.15, 0.2) is 5.78 Å². The van der Waals surface area contributed by atoms with Gasteiger partial charge in [-0.2, -0.15) is 0 Å². The minimum Gasteiger partial charge on any atom is -0.422 e. The Labute approximate surface area is 164 Å². The highest BCUT2D eigenvalue weighted by atomic mass is 79.9. The predicted octanol–water partition coefficient (Wildman–Crippen LogP) is 5.70. The van der Waals surface area contributed by atoms with Gasteiger partial charge in [-0.25, -0.2) is 9.18 Å². The fourth-order valence-corrected chi connectivity index (χ4v) is 2.60. The van der Waals surface area contributed by atoms with Crippen molar-refractivity contribution in [3.63, 3.8) is 0 Å². The minimum absolute atomic E-state index is 0.165. The van der Waals surface area contributed by atoms with Crippen LogP contribution in [0.2, 0.25) is 0 Å². The molecule has 0 saturated heterocycles. The average Bonchev–Trinajstić information content (AvgIpc) is 2.68. The van der Waals surface area contributed by atoms with E-state index in [9.17, 15) is 14.0 Å². The number of ether oxygens (including phenoxy) is 1. The van der Waals surface area contributed by atoms with Gasteiger partial charge < -0.3 is 4.74 Å². The monoisotopic (exact) mass is 424 g/mol. The Bertz CT molecular complexity index is 993. The number of allylic oxidation sites excluding steroid dienone is 1. The van der Waals surface area contributed by atoms with E-state index in [2.05, 4.69) is 15.9 Å². The van der Waals surface area contributed by atoms with E-state index >= 15 is 0 Å². The second-order valence-electron chi connectivity index (χ2n) is 5.64. The Morgan fingerprint density at radius 1 is 0.852 bits per heavy atom. The van der Waals surface area contributed by atoms with Crippen LogP contribution in [0.15, 0.2) is 83.3 Å². The summed E-state index contributed by atoms with van der Waals surface area (Å²) >= 11 is 3.33. The topological polar surface area (TPSA) is 43.4 Å². The molecule has 0 atom stereocenters. The average molecular weight is 425 g/mol. The van der Waals surface area contributed by atoms with Crippen molar-refractivity contribution in [2.24, 2.45) is 0 Å². The summed E-state index contributed by atoms with van der Waals surface area (Å²) in [4.78, 5) is 24.5. The number of hydrogen-bond donors (Lipinski definition) is 0. The van der Waals surface area contributed by atoms with Gasteiger partial charge in [0.25, 0.3) is 0 Å². The molecule has 0 fully saturated rings. The Balaban J connectivity index is 1.77. The fourth-order valence-electron chi connectivity index (χ4n) is 2.33. The molecule has 0 spiro atoms. The summed E-state index contributed by atoms with van der Waals surface area (Å²) in [6, 6.07) is 19.0. The SMILES string of the molecule is O=C(/C=C/c1ccccc1OC(=O)c1ccc(F)cc1)c1ccc(Br)cc1. The van der Waals surface area contributed by atoms with Gasteiger partial charge in [0.1, 0.15) is 11.6 Å². The van der Waals surface area contributed by atoms with Gasteiger partial charge in [0.2, 0.25) is 0 Å². The number of carbonyl (C=O) groups excluding carboxylic acids is 2. The summed E-state index contributed by atoms with van der Waals surface area (Å²) < 4.78 is 19.3. The van der Waals surface area contributed by atoms with Crippen LogP contribution in [0.3, 0.4) is 0 Å². The molecule has 0 radical (unpaired) electrons. The third-order valence-electron chi connectivity index (χ3n) is 3.74. The van der Waals surface area contributed by atoms with Crippen molar-refractivity contribution < 1.29 is 18.7 Å². The van der Waals surface area contributed by atoms with Gasteiger partial charge >= 0.3 is 5.97 Å². The first-order chi connectivity index (χ1) is 13.0. The maximum absolute atomic E-state index is 13.0. The molecule has 0 aliphatic rings. The van der Waals surface area contributed by atoms with Crippen LogP contribution in [0.25, 0.3) is 6.08 Å². The molecule has 0 unspecified atom stereocenters. The molecule has 3 aromatic rings. The zero-order chi connectivity index (χ0) is 19.2. The third-order valence-corrected chi connectivity index (χ3v) is 4.27. The number of ketones is 1. The van der Waals surface area contributed by atoms with Gasteiger partial charge in [-0.3, -0.25) is 4.79 Å². The Kier molecular flexibility index (Phi) is 5.94. The lowest BCUT2D eigenvalue weighted by Crippen LogP contribution is -2.09. The Hall–Kier alpha value is -3.05. The van der Waals surface area contributed by atoms with Crippen LogP contribution < -0.4 is 4.74 Å². The Morgan fingerprint density at radius 3 is 2.19 bits per heavy atom. The molecule has 0 aliphatic carbocycles. The molecular formula is C22H14BrFO3.